The number of nitro groups is 1. The molecule has 0 saturated carbocycles. The second-order valence-corrected chi connectivity index (χ2v) is 8.46. The molecular weight excluding hydrogens is 382 g/mol. The van der Waals surface area contributed by atoms with E-state index in [1.165, 1.54) is 16.4 Å². The minimum absolute atomic E-state index is 0.0756. The highest BCUT2D eigenvalue weighted by atomic mass is 32.2. The van der Waals surface area contributed by atoms with Crippen LogP contribution >= 0.6 is 0 Å². The summed E-state index contributed by atoms with van der Waals surface area (Å²) in [4.78, 5) is 10.5. The summed E-state index contributed by atoms with van der Waals surface area (Å²) in [5.74, 6) is 0. The summed E-state index contributed by atoms with van der Waals surface area (Å²) in [6.45, 7) is 3.61. The number of non-ortho nitro benzene ring substituents is 1. The first-order valence-electron chi connectivity index (χ1n) is 9.04. The monoisotopic (exact) mass is 405 g/mol. The normalized spacial score (nSPS) is 15.3. The molecule has 0 aromatic heterocycles. The van der Waals surface area contributed by atoms with E-state index < -0.39 is 14.9 Å². The van der Waals surface area contributed by atoms with Crippen molar-refractivity contribution in [3.63, 3.8) is 0 Å². The Morgan fingerprint density at radius 3 is 2.57 bits per heavy atom. The van der Waals surface area contributed by atoms with Crippen LogP contribution in [0.15, 0.2) is 47.4 Å². The van der Waals surface area contributed by atoms with E-state index in [1.807, 2.05) is 31.2 Å². The summed E-state index contributed by atoms with van der Waals surface area (Å²) in [5, 5.41) is 14.3. The zero-order valence-corrected chi connectivity index (χ0v) is 16.4. The maximum Gasteiger partial charge on any atom is 0.270 e. The molecule has 0 atom stereocenters. The van der Waals surface area contributed by atoms with Gasteiger partial charge >= 0.3 is 0 Å². The van der Waals surface area contributed by atoms with Crippen LogP contribution in [0.2, 0.25) is 0 Å². The van der Waals surface area contributed by atoms with Gasteiger partial charge in [0.05, 0.1) is 23.8 Å². The van der Waals surface area contributed by atoms with Crippen LogP contribution in [0.3, 0.4) is 0 Å². The number of benzene rings is 2. The van der Waals surface area contributed by atoms with Crippen molar-refractivity contribution in [1.82, 2.24) is 4.31 Å². The van der Waals surface area contributed by atoms with Gasteiger partial charge in [0.1, 0.15) is 4.90 Å². The lowest BCUT2D eigenvalue weighted by Gasteiger charge is -2.27. The maximum absolute atomic E-state index is 13.1. The maximum atomic E-state index is 13.1. The molecule has 8 nitrogen and oxygen atoms in total. The summed E-state index contributed by atoms with van der Waals surface area (Å²) in [5.41, 5.74) is 2.44. The van der Waals surface area contributed by atoms with E-state index in [-0.39, 0.29) is 23.7 Å². The Morgan fingerprint density at radius 2 is 1.89 bits per heavy atom. The first-order valence-corrected chi connectivity index (χ1v) is 10.5. The van der Waals surface area contributed by atoms with Crippen molar-refractivity contribution >= 4 is 21.4 Å². The van der Waals surface area contributed by atoms with Crippen molar-refractivity contribution in [3.05, 3.63) is 63.7 Å². The van der Waals surface area contributed by atoms with Crippen LogP contribution < -0.4 is 5.32 Å². The van der Waals surface area contributed by atoms with E-state index in [9.17, 15) is 18.5 Å². The molecule has 2 aromatic rings. The van der Waals surface area contributed by atoms with Crippen molar-refractivity contribution in [2.75, 3.05) is 38.2 Å². The van der Waals surface area contributed by atoms with Crippen molar-refractivity contribution in [1.29, 1.82) is 0 Å². The summed E-state index contributed by atoms with van der Waals surface area (Å²) in [6, 6.07) is 11.9. The molecule has 28 heavy (non-hydrogen) atoms. The molecule has 0 radical (unpaired) electrons. The molecule has 1 fully saturated rings. The van der Waals surface area contributed by atoms with Crippen molar-refractivity contribution in [2.24, 2.45) is 0 Å². The number of nitrogens with zero attached hydrogens (tertiary/aromatic N) is 2. The second kappa shape index (κ2) is 8.68. The summed E-state index contributed by atoms with van der Waals surface area (Å²) < 4.78 is 32.7. The fourth-order valence-electron chi connectivity index (χ4n) is 3.13. The van der Waals surface area contributed by atoms with Gasteiger partial charge in [0.15, 0.2) is 0 Å². The van der Waals surface area contributed by atoms with E-state index in [0.717, 1.165) is 17.2 Å². The van der Waals surface area contributed by atoms with Gasteiger partial charge in [-0.3, -0.25) is 10.1 Å². The first-order chi connectivity index (χ1) is 13.4. The lowest BCUT2D eigenvalue weighted by Crippen LogP contribution is -2.40. The van der Waals surface area contributed by atoms with Crippen LogP contribution in [0.1, 0.15) is 11.1 Å². The minimum Gasteiger partial charge on any atom is -0.384 e. The van der Waals surface area contributed by atoms with Crippen LogP contribution in [-0.4, -0.2) is 50.5 Å². The Labute approximate surface area is 164 Å². The van der Waals surface area contributed by atoms with E-state index >= 15 is 0 Å². The Hall–Kier alpha value is -2.49. The molecule has 9 heteroatoms. The molecule has 150 valence electrons. The van der Waals surface area contributed by atoms with Crippen molar-refractivity contribution in [3.8, 4) is 0 Å². The molecule has 2 aromatic carbocycles. The van der Waals surface area contributed by atoms with Gasteiger partial charge in [-0.15, -0.1) is 0 Å². The average molecular weight is 405 g/mol. The number of aryl methyl sites for hydroxylation is 1. The van der Waals surface area contributed by atoms with Crippen LogP contribution in [0.5, 0.6) is 0 Å². The molecule has 1 heterocycles. The Morgan fingerprint density at radius 1 is 1.18 bits per heavy atom. The number of rotatable bonds is 7. The average Bonchev–Trinajstić information content (AvgIpc) is 2.70. The van der Waals surface area contributed by atoms with E-state index in [4.69, 9.17) is 4.74 Å². The largest absolute Gasteiger partial charge is 0.384 e. The summed E-state index contributed by atoms with van der Waals surface area (Å²) in [6.07, 6.45) is 0.709. The molecule has 1 saturated heterocycles. The molecule has 0 unspecified atom stereocenters. The van der Waals surface area contributed by atoms with E-state index in [2.05, 4.69) is 5.32 Å². The zero-order valence-electron chi connectivity index (χ0n) is 15.6. The third-order valence-corrected chi connectivity index (χ3v) is 6.67. The Balaban J connectivity index is 1.85. The van der Waals surface area contributed by atoms with Gasteiger partial charge in [0.2, 0.25) is 10.0 Å². The molecule has 1 N–H and O–H groups in total. The topological polar surface area (TPSA) is 102 Å². The first kappa shape index (κ1) is 20.2. The van der Waals surface area contributed by atoms with Gasteiger partial charge < -0.3 is 10.1 Å². The molecule has 0 aliphatic carbocycles. The van der Waals surface area contributed by atoms with Gasteiger partial charge in [-0.1, -0.05) is 24.3 Å². The predicted molar refractivity (Wildman–Crippen MR) is 106 cm³/mol. The van der Waals surface area contributed by atoms with Crippen LogP contribution in [-0.2, 0) is 21.2 Å². The molecule has 0 amide bonds. The highest BCUT2D eigenvalue weighted by molar-refractivity contribution is 7.89. The van der Waals surface area contributed by atoms with E-state index in [0.29, 0.717) is 31.9 Å². The quantitative estimate of drug-likeness (QED) is 0.561. The number of morpholine rings is 1. The minimum atomic E-state index is -3.87. The lowest BCUT2D eigenvalue weighted by molar-refractivity contribution is -0.385. The number of nitrogens with one attached hydrogen (secondary N) is 1. The van der Waals surface area contributed by atoms with Gasteiger partial charge in [-0.25, -0.2) is 8.42 Å². The van der Waals surface area contributed by atoms with Gasteiger partial charge in [-0.05, 0) is 30.5 Å². The van der Waals surface area contributed by atoms with Crippen LogP contribution in [0, 0.1) is 17.0 Å². The number of nitro benzene ring substituents is 1. The van der Waals surface area contributed by atoms with Gasteiger partial charge in [0, 0.05) is 31.8 Å². The highest BCUT2D eigenvalue weighted by Gasteiger charge is 2.30. The zero-order chi connectivity index (χ0) is 20.1. The third-order valence-electron chi connectivity index (χ3n) is 4.73. The van der Waals surface area contributed by atoms with Gasteiger partial charge in [0.25, 0.3) is 5.69 Å². The highest BCUT2D eigenvalue weighted by Crippen LogP contribution is 2.29. The fourth-order valence-corrected chi connectivity index (χ4v) is 4.73. The third kappa shape index (κ3) is 4.49. The Bertz CT molecular complexity index is 956. The smallest absolute Gasteiger partial charge is 0.270 e. The number of sulfonamides is 1. The van der Waals surface area contributed by atoms with E-state index in [1.54, 1.807) is 0 Å². The van der Waals surface area contributed by atoms with Gasteiger partial charge in [-0.2, -0.15) is 4.31 Å². The SMILES string of the molecule is Cc1ccccc1CCNc1ccc([N+](=O)[O-])cc1S(=O)(=O)N1CCOCC1. The van der Waals surface area contributed by atoms with Crippen LogP contribution in [0.25, 0.3) is 0 Å². The molecule has 3 rings (SSSR count). The molecule has 0 bridgehead atoms. The molecule has 1 aliphatic rings. The molecule has 1 aliphatic heterocycles. The number of ether oxygens (including phenoxy) is 1. The molecular formula is C19H23N3O5S. The fraction of sp³-hybridized carbons (Fsp3) is 0.368. The number of hydrogen-bond acceptors (Lipinski definition) is 6. The lowest BCUT2D eigenvalue weighted by atomic mass is 10.1. The standard InChI is InChI=1S/C19H23N3O5S/c1-15-4-2-3-5-16(15)8-9-20-18-7-6-17(22(23)24)14-19(18)28(25,26)21-10-12-27-13-11-21/h2-7,14,20H,8-13H2,1H3. The van der Waals surface area contributed by atoms with Crippen LogP contribution in [0.4, 0.5) is 11.4 Å². The second-order valence-electron chi connectivity index (χ2n) is 6.56. The summed E-state index contributed by atoms with van der Waals surface area (Å²) in [7, 11) is -3.87. The number of anilines is 1. The van der Waals surface area contributed by atoms with Crippen molar-refractivity contribution in [2.45, 2.75) is 18.2 Å². The Kier molecular flexibility index (Phi) is 6.28. The number of hydrogen-bond donors (Lipinski definition) is 1. The summed E-state index contributed by atoms with van der Waals surface area (Å²) >= 11 is 0. The predicted octanol–water partition coefficient (Wildman–Crippen LogP) is 2.58. The molecule has 0 spiro atoms. The van der Waals surface area contributed by atoms with Crippen molar-refractivity contribution < 1.29 is 18.1 Å².